The molecule has 1 aliphatic heterocycles. The Hall–Kier alpha value is -1.97. The van der Waals surface area contributed by atoms with Crippen LogP contribution >= 0.6 is 0 Å². The molecule has 1 aromatic heterocycles. The Balaban J connectivity index is 1.76. The normalized spacial score (nSPS) is 18.3. The maximum Gasteiger partial charge on any atom is 0.123 e. The van der Waals surface area contributed by atoms with E-state index in [-0.39, 0.29) is 11.9 Å². The molecule has 18 heavy (non-hydrogen) atoms. The average Bonchev–Trinajstić information content (AvgIpc) is 2.77. The van der Waals surface area contributed by atoms with Gasteiger partial charge in [-0.3, -0.25) is 0 Å². The number of nitrogens with one attached hydrogen (secondary N) is 1. The molecule has 0 aliphatic carbocycles. The van der Waals surface area contributed by atoms with Gasteiger partial charge in [-0.05, 0) is 24.1 Å². The lowest BCUT2D eigenvalue weighted by Gasteiger charge is -2.32. The fourth-order valence-corrected chi connectivity index (χ4v) is 2.45. The van der Waals surface area contributed by atoms with Gasteiger partial charge in [0.15, 0.2) is 0 Å². The number of fused-ring (bicyclic) bond motifs is 1. The molecule has 0 spiro atoms. The number of furan rings is 1. The zero-order valence-electron chi connectivity index (χ0n) is 10.2. The number of rotatable bonds is 2. The van der Waals surface area contributed by atoms with Crippen molar-refractivity contribution in [2.45, 2.75) is 12.5 Å². The minimum atomic E-state index is -0.180. The Bertz CT molecular complexity index is 552. The van der Waals surface area contributed by atoms with Gasteiger partial charge in [-0.25, -0.2) is 4.39 Å². The van der Waals surface area contributed by atoms with E-state index < -0.39 is 0 Å². The Morgan fingerprint density at radius 3 is 3.17 bits per heavy atom. The monoisotopic (exact) mass is 246 g/mol. The third kappa shape index (κ3) is 2.06. The molecule has 1 unspecified atom stereocenters. The Morgan fingerprint density at radius 2 is 2.33 bits per heavy atom. The minimum Gasteiger partial charge on any atom is -0.468 e. The molecule has 2 aromatic rings. The lowest BCUT2D eigenvalue weighted by Crippen LogP contribution is -2.40. The first kappa shape index (κ1) is 11.1. The standard InChI is InChI=1S/C14H15FN2O/c1-17-7-12(16-13-8-18-9-14(13)17)6-10-3-2-4-11(15)5-10/h2-5,8-9,12,16H,6-7H2,1H3. The highest BCUT2D eigenvalue weighted by Gasteiger charge is 2.23. The lowest BCUT2D eigenvalue weighted by atomic mass is 10.0. The first-order valence-electron chi connectivity index (χ1n) is 6.00. The SMILES string of the molecule is CN1CC(Cc2cccc(F)c2)Nc2cocc21. The van der Waals surface area contributed by atoms with Crippen molar-refractivity contribution < 1.29 is 8.81 Å². The number of halogens is 1. The molecule has 3 nitrogen and oxygen atoms in total. The summed E-state index contributed by atoms with van der Waals surface area (Å²) < 4.78 is 18.3. The average molecular weight is 246 g/mol. The van der Waals surface area contributed by atoms with Crippen molar-refractivity contribution in [1.29, 1.82) is 0 Å². The van der Waals surface area contributed by atoms with Gasteiger partial charge in [0, 0.05) is 19.6 Å². The van der Waals surface area contributed by atoms with Gasteiger partial charge in [0.1, 0.15) is 18.3 Å². The van der Waals surface area contributed by atoms with E-state index in [1.807, 2.05) is 13.1 Å². The number of anilines is 2. The molecule has 0 amide bonds. The lowest BCUT2D eigenvalue weighted by molar-refractivity contribution is 0.568. The topological polar surface area (TPSA) is 28.4 Å². The second kappa shape index (κ2) is 4.37. The van der Waals surface area contributed by atoms with Crippen LogP contribution in [0.3, 0.4) is 0 Å². The zero-order chi connectivity index (χ0) is 12.5. The third-order valence-corrected chi connectivity index (χ3v) is 3.28. The van der Waals surface area contributed by atoms with E-state index >= 15 is 0 Å². The largest absolute Gasteiger partial charge is 0.468 e. The predicted octanol–water partition coefficient (Wildman–Crippen LogP) is 2.89. The summed E-state index contributed by atoms with van der Waals surface area (Å²) in [5.74, 6) is -0.180. The van der Waals surface area contributed by atoms with Crippen LogP contribution in [-0.4, -0.2) is 19.6 Å². The Morgan fingerprint density at radius 1 is 1.44 bits per heavy atom. The van der Waals surface area contributed by atoms with Crippen LogP contribution in [0.5, 0.6) is 0 Å². The van der Waals surface area contributed by atoms with Crippen molar-refractivity contribution in [3.8, 4) is 0 Å². The van der Waals surface area contributed by atoms with Crippen molar-refractivity contribution in [2.75, 3.05) is 23.8 Å². The molecule has 0 bridgehead atoms. The summed E-state index contributed by atoms with van der Waals surface area (Å²) in [7, 11) is 2.04. The molecule has 4 heteroatoms. The summed E-state index contributed by atoms with van der Waals surface area (Å²) in [6.07, 6.45) is 4.25. The van der Waals surface area contributed by atoms with E-state index in [0.717, 1.165) is 29.9 Å². The molecular formula is C14H15FN2O. The molecule has 2 heterocycles. The first-order chi connectivity index (χ1) is 8.72. The third-order valence-electron chi connectivity index (χ3n) is 3.28. The van der Waals surface area contributed by atoms with E-state index in [1.165, 1.54) is 6.07 Å². The first-order valence-corrected chi connectivity index (χ1v) is 6.00. The summed E-state index contributed by atoms with van der Waals surface area (Å²) >= 11 is 0. The van der Waals surface area contributed by atoms with E-state index in [0.29, 0.717) is 0 Å². The molecule has 0 saturated heterocycles. The summed E-state index contributed by atoms with van der Waals surface area (Å²) in [5, 5.41) is 3.42. The van der Waals surface area contributed by atoms with Crippen LogP contribution in [0.1, 0.15) is 5.56 Å². The molecule has 0 fully saturated rings. The van der Waals surface area contributed by atoms with E-state index in [4.69, 9.17) is 4.42 Å². The summed E-state index contributed by atoms with van der Waals surface area (Å²) in [4.78, 5) is 2.15. The van der Waals surface area contributed by atoms with Gasteiger partial charge in [-0.15, -0.1) is 0 Å². The summed E-state index contributed by atoms with van der Waals surface area (Å²) in [5.41, 5.74) is 3.09. The second-order valence-electron chi connectivity index (χ2n) is 4.73. The smallest absolute Gasteiger partial charge is 0.123 e. The fourth-order valence-electron chi connectivity index (χ4n) is 2.45. The number of benzene rings is 1. The van der Waals surface area contributed by atoms with E-state index in [1.54, 1.807) is 24.7 Å². The fraction of sp³-hybridized carbons (Fsp3) is 0.286. The molecule has 1 aromatic carbocycles. The van der Waals surface area contributed by atoms with Gasteiger partial charge < -0.3 is 14.6 Å². The molecular weight excluding hydrogens is 231 g/mol. The van der Waals surface area contributed by atoms with Crippen molar-refractivity contribution in [2.24, 2.45) is 0 Å². The molecule has 1 atom stereocenters. The van der Waals surface area contributed by atoms with Crippen LogP contribution in [0.15, 0.2) is 41.2 Å². The predicted molar refractivity (Wildman–Crippen MR) is 69.5 cm³/mol. The van der Waals surface area contributed by atoms with Crippen LogP contribution in [0.2, 0.25) is 0 Å². The van der Waals surface area contributed by atoms with Crippen LogP contribution in [0.25, 0.3) is 0 Å². The van der Waals surface area contributed by atoms with Crippen LogP contribution in [0.4, 0.5) is 15.8 Å². The van der Waals surface area contributed by atoms with Gasteiger partial charge in [-0.2, -0.15) is 0 Å². The Kier molecular flexibility index (Phi) is 2.70. The second-order valence-corrected chi connectivity index (χ2v) is 4.73. The molecule has 1 aliphatic rings. The highest BCUT2D eigenvalue weighted by molar-refractivity contribution is 5.70. The van der Waals surface area contributed by atoms with Gasteiger partial charge >= 0.3 is 0 Å². The molecule has 1 N–H and O–H groups in total. The van der Waals surface area contributed by atoms with Gasteiger partial charge in [0.25, 0.3) is 0 Å². The highest BCUT2D eigenvalue weighted by Crippen LogP contribution is 2.31. The van der Waals surface area contributed by atoms with E-state index in [2.05, 4.69) is 10.2 Å². The quantitative estimate of drug-likeness (QED) is 0.883. The van der Waals surface area contributed by atoms with Crippen molar-refractivity contribution in [3.05, 3.63) is 48.2 Å². The van der Waals surface area contributed by atoms with Crippen LogP contribution < -0.4 is 10.2 Å². The number of nitrogens with zero attached hydrogens (tertiary/aromatic N) is 1. The Labute approximate surface area is 105 Å². The van der Waals surface area contributed by atoms with Gasteiger partial charge in [0.2, 0.25) is 0 Å². The van der Waals surface area contributed by atoms with Crippen molar-refractivity contribution in [3.63, 3.8) is 0 Å². The summed E-state index contributed by atoms with van der Waals surface area (Å²) in [6, 6.07) is 7.03. The maximum absolute atomic E-state index is 13.1. The van der Waals surface area contributed by atoms with Crippen molar-refractivity contribution in [1.82, 2.24) is 0 Å². The van der Waals surface area contributed by atoms with Crippen LogP contribution in [0, 0.1) is 5.82 Å². The maximum atomic E-state index is 13.1. The number of hydrogen-bond acceptors (Lipinski definition) is 3. The van der Waals surface area contributed by atoms with E-state index in [9.17, 15) is 4.39 Å². The molecule has 94 valence electrons. The molecule has 0 radical (unpaired) electrons. The number of hydrogen-bond donors (Lipinski definition) is 1. The molecule has 3 rings (SSSR count). The zero-order valence-corrected chi connectivity index (χ0v) is 10.2. The molecule has 0 saturated carbocycles. The van der Waals surface area contributed by atoms with Crippen molar-refractivity contribution >= 4 is 11.4 Å². The minimum absolute atomic E-state index is 0.180. The highest BCUT2D eigenvalue weighted by atomic mass is 19.1. The van der Waals surface area contributed by atoms with Gasteiger partial charge in [0.05, 0.1) is 11.4 Å². The summed E-state index contributed by atoms with van der Waals surface area (Å²) in [6.45, 7) is 0.878. The van der Waals surface area contributed by atoms with Crippen LogP contribution in [-0.2, 0) is 6.42 Å². The van der Waals surface area contributed by atoms with Gasteiger partial charge in [-0.1, -0.05) is 12.1 Å². The number of likely N-dealkylation sites (N-methyl/N-ethyl adjacent to an activating group) is 1.